The Morgan fingerprint density at radius 1 is 1.07 bits per heavy atom. The van der Waals surface area contributed by atoms with Gasteiger partial charge in [-0.2, -0.15) is 0 Å². The summed E-state index contributed by atoms with van der Waals surface area (Å²) in [6.07, 6.45) is 1.87. The molecular weight excluding hydrogens is 186 g/mol. The van der Waals surface area contributed by atoms with E-state index in [1.807, 2.05) is 51.2 Å². The third-order valence-electron chi connectivity index (χ3n) is 2.29. The van der Waals surface area contributed by atoms with Crippen molar-refractivity contribution in [3.63, 3.8) is 0 Å². The van der Waals surface area contributed by atoms with E-state index in [1.54, 1.807) is 11.6 Å². The second-order valence-corrected chi connectivity index (χ2v) is 3.27. The Morgan fingerprint density at radius 2 is 1.60 bits per heavy atom. The van der Waals surface area contributed by atoms with Crippen LogP contribution in [0.4, 0.5) is 0 Å². The molecule has 0 aliphatic heterocycles. The van der Waals surface area contributed by atoms with E-state index in [0.29, 0.717) is 0 Å². The molecule has 0 bridgehead atoms. The molecule has 0 aliphatic rings. The van der Waals surface area contributed by atoms with Gasteiger partial charge in [0.2, 0.25) is 0 Å². The van der Waals surface area contributed by atoms with Gasteiger partial charge in [0.25, 0.3) is 5.56 Å². The average molecular weight is 203 g/mol. The lowest BCUT2D eigenvalue weighted by Crippen LogP contribution is -2.16. The number of hydrogen-bond acceptors (Lipinski definition) is 1. The van der Waals surface area contributed by atoms with Crippen molar-refractivity contribution in [1.29, 1.82) is 0 Å². The predicted octanol–water partition coefficient (Wildman–Crippen LogP) is 2.87. The van der Waals surface area contributed by atoms with Crippen molar-refractivity contribution in [3.05, 3.63) is 46.4 Å². The van der Waals surface area contributed by atoms with Crippen LogP contribution in [0.2, 0.25) is 0 Å². The quantitative estimate of drug-likeness (QED) is 0.645. The van der Waals surface area contributed by atoms with Crippen molar-refractivity contribution in [3.8, 4) is 0 Å². The molecule has 0 amide bonds. The lowest BCUT2D eigenvalue weighted by Gasteiger charge is -2.04. The molecule has 1 aromatic carbocycles. The van der Waals surface area contributed by atoms with Crippen molar-refractivity contribution in [1.82, 2.24) is 4.57 Å². The van der Waals surface area contributed by atoms with Gasteiger partial charge in [-0.1, -0.05) is 32.0 Å². The number of hydrogen-bond donors (Lipinski definition) is 0. The van der Waals surface area contributed by atoms with Crippen LogP contribution in [0.1, 0.15) is 19.4 Å². The molecule has 0 fully saturated rings. The van der Waals surface area contributed by atoms with E-state index in [4.69, 9.17) is 0 Å². The van der Waals surface area contributed by atoms with E-state index in [-0.39, 0.29) is 5.56 Å². The molecule has 0 spiro atoms. The third kappa shape index (κ3) is 2.09. The number of aryl methyl sites for hydroxylation is 2. The minimum absolute atomic E-state index is 0.0706. The van der Waals surface area contributed by atoms with Gasteiger partial charge >= 0.3 is 0 Å². The fourth-order valence-electron chi connectivity index (χ4n) is 1.62. The summed E-state index contributed by atoms with van der Waals surface area (Å²) in [4.78, 5) is 11.6. The fraction of sp³-hybridized carbons (Fsp3) is 0.308. The van der Waals surface area contributed by atoms with Gasteiger partial charge < -0.3 is 4.57 Å². The SMILES string of the molecule is CC.Cc1cn(C)c(=O)c2ccccc12. The van der Waals surface area contributed by atoms with Gasteiger partial charge in [0, 0.05) is 18.6 Å². The summed E-state index contributed by atoms with van der Waals surface area (Å²) in [7, 11) is 1.78. The topological polar surface area (TPSA) is 22.0 Å². The monoisotopic (exact) mass is 203 g/mol. The van der Waals surface area contributed by atoms with Crippen LogP contribution in [0.3, 0.4) is 0 Å². The summed E-state index contributed by atoms with van der Waals surface area (Å²) in [6.45, 7) is 6.02. The highest BCUT2D eigenvalue weighted by molar-refractivity contribution is 5.84. The molecule has 1 aromatic heterocycles. The first-order valence-electron chi connectivity index (χ1n) is 5.25. The Balaban J connectivity index is 0.000000531. The Hall–Kier alpha value is -1.57. The van der Waals surface area contributed by atoms with Gasteiger partial charge in [-0.05, 0) is 23.9 Å². The van der Waals surface area contributed by atoms with E-state index in [2.05, 4.69) is 0 Å². The number of fused-ring (bicyclic) bond motifs is 1. The number of benzene rings is 1. The van der Waals surface area contributed by atoms with Gasteiger partial charge in [-0.25, -0.2) is 0 Å². The maximum absolute atomic E-state index is 11.6. The number of nitrogens with zero attached hydrogens (tertiary/aromatic N) is 1. The van der Waals surface area contributed by atoms with Gasteiger partial charge in [0.05, 0.1) is 0 Å². The van der Waals surface area contributed by atoms with Crippen LogP contribution in [0, 0.1) is 6.92 Å². The minimum Gasteiger partial charge on any atom is -0.318 e. The second kappa shape index (κ2) is 4.78. The van der Waals surface area contributed by atoms with Gasteiger partial charge in [0.15, 0.2) is 0 Å². The molecule has 2 rings (SSSR count). The maximum atomic E-state index is 11.6. The summed E-state index contributed by atoms with van der Waals surface area (Å²) in [5, 5.41) is 1.84. The summed E-state index contributed by atoms with van der Waals surface area (Å²) in [6, 6.07) is 7.69. The molecular formula is C13H17NO. The summed E-state index contributed by atoms with van der Waals surface area (Å²) < 4.78 is 1.62. The predicted molar refractivity (Wildman–Crippen MR) is 65.3 cm³/mol. The number of pyridine rings is 1. The highest BCUT2D eigenvalue weighted by Crippen LogP contribution is 2.12. The first kappa shape index (κ1) is 11.5. The standard InChI is InChI=1S/C11H11NO.C2H6/c1-8-7-12(2)11(13)10-6-4-3-5-9(8)10;1-2/h3-7H,1-2H3;1-2H3. The van der Waals surface area contributed by atoms with E-state index < -0.39 is 0 Å². The van der Waals surface area contributed by atoms with Gasteiger partial charge in [0.1, 0.15) is 0 Å². The first-order chi connectivity index (χ1) is 7.20. The Kier molecular flexibility index (Phi) is 3.67. The van der Waals surface area contributed by atoms with Crippen LogP contribution < -0.4 is 5.56 Å². The third-order valence-corrected chi connectivity index (χ3v) is 2.29. The molecule has 2 aromatic rings. The zero-order valence-electron chi connectivity index (χ0n) is 9.74. The van der Waals surface area contributed by atoms with Crippen LogP contribution in [-0.4, -0.2) is 4.57 Å². The Bertz CT molecular complexity index is 511. The fourth-order valence-corrected chi connectivity index (χ4v) is 1.62. The second-order valence-electron chi connectivity index (χ2n) is 3.27. The van der Waals surface area contributed by atoms with Crippen molar-refractivity contribution in [2.75, 3.05) is 0 Å². The van der Waals surface area contributed by atoms with Crippen molar-refractivity contribution in [2.24, 2.45) is 7.05 Å². The van der Waals surface area contributed by atoms with E-state index in [9.17, 15) is 4.79 Å². The molecule has 0 atom stereocenters. The smallest absolute Gasteiger partial charge is 0.258 e. The maximum Gasteiger partial charge on any atom is 0.258 e. The van der Waals surface area contributed by atoms with Crippen molar-refractivity contribution in [2.45, 2.75) is 20.8 Å². The normalized spacial score (nSPS) is 9.60. The van der Waals surface area contributed by atoms with Crippen LogP contribution in [-0.2, 0) is 7.05 Å². The largest absolute Gasteiger partial charge is 0.318 e. The van der Waals surface area contributed by atoms with E-state index in [0.717, 1.165) is 16.3 Å². The zero-order valence-corrected chi connectivity index (χ0v) is 9.74. The summed E-state index contributed by atoms with van der Waals surface area (Å²) >= 11 is 0. The molecule has 0 saturated carbocycles. The Labute approximate surface area is 90.2 Å². The summed E-state index contributed by atoms with van der Waals surface area (Å²) in [5.41, 5.74) is 1.21. The lowest BCUT2D eigenvalue weighted by atomic mass is 10.1. The molecule has 0 aliphatic carbocycles. The molecule has 80 valence electrons. The van der Waals surface area contributed by atoms with Gasteiger partial charge in [-0.15, -0.1) is 0 Å². The minimum atomic E-state index is 0.0706. The lowest BCUT2D eigenvalue weighted by molar-refractivity contribution is 0.866. The van der Waals surface area contributed by atoms with Crippen molar-refractivity contribution >= 4 is 10.8 Å². The number of rotatable bonds is 0. The molecule has 15 heavy (non-hydrogen) atoms. The summed E-state index contributed by atoms with van der Waals surface area (Å²) in [5.74, 6) is 0. The molecule has 0 unspecified atom stereocenters. The first-order valence-corrected chi connectivity index (χ1v) is 5.25. The van der Waals surface area contributed by atoms with Crippen molar-refractivity contribution < 1.29 is 0 Å². The van der Waals surface area contributed by atoms with Crippen LogP contribution in [0.15, 0.2) is 35.3 Å². The molecule has 2 nitrogen and oxygen atoms in total. The molecule has 1 heterocycles. The average Bonchev–Trinajstić information content (AvgIpc) is 2.29. The molecule has 0 radical (unpaired) electrons. The van der Waals surface area contributed by atoms with E-state index in [1.165, 1.54) is 0 Å². The highest BCUT2D eigenvalue weighted by atomic mass is 16.1. The van der Waals surface area contributed by atoms with Crippen LogP contribution >= 0.6 is 0 Å². The zero-order chi connectivity index (χ0) is 11.4. The Morgan fingerprint density at radius 3 is 2.20 bits per heavy atom. The highest BCUT2D eigenvalue weighted by Gasteiger charge is 2.01. The van der Waals surface area contributed by atoms with E-state index >= 15 is 0 Å². The molecule has 0 saturated heterocycles. The molecule has 2 heteroatoms. The van der Waals surface area contributed by atoms with Crippen LogP contribution in [0.25, 0.3) is 10.8 Å². The van der Waals surface area contributed by atoms with Gasteiger partial charge in [-0.3, -0.25) is 4.79 Å². The number of aromatic nitrogens is 1. The molecule has 0 N–H and O–H groups in total. The van der Waals surface area contributed by atoms with Crippen LogP contribution in [0.5, 0.6) is 0 Å².